The van der Waals surface area contributed by atoms with Crippen molar-refractivity contribution in [2.75, 3.05) is 0 Å². The Morgan fingerprint density at radius 3 is 2.12 bits per heavy atom. The summed E-state index contributed by atoms with van der Waals surface area (Å²) in [5, 5.41) is 0.641. The van der Waals surface area contributed by atoms with Gasteiger partial charge in [-0.05, 0) is 48.9 Å². The number of ether oxygens (including phenoxy) is 1. The summed E-state index contributed by atoms with van der Waals surface area (Å²) >= 11 is 0. The van der Waals surface area contributed by atoms with Crippen LogP contribution in [0.4, 0.5) is 26.3 Å². The van der Waals surface area contributed by atoms with E-state index in [9.17, 15) is 26.3 Å². The average Bonchev–Trinajstić information content (AvgIpc) is 2.86. The highest BCUT2D eigenvalue weighted by molar-refractivity contribution is 5.84. The molecule has 0 saturated heterocycles. The number of benzene rings is 2. The zero-order valence-electron chi connectivity index (χ0n) is 12.6. The van der Waals surface area contributed by atoms with Crippen LogP contribution in [0.1, 0.15) is 16.7 Å². The van der Waals surface area contributed by atoms with Gasteiger partial charge in [0.05, 0.1) is 11.1 Å². The van der Waals surface area contributed by atoms with E-state index in [-0.39, 0.29) is 5.75 Å². The SMILES string of the molecule is Cc1c[nH]c2ccc(Oc3c(C(F)(F)F)c[c]cc3C(F)(F)F)cc12. The van der Waals surface area contributed by atoms with Crippen molar-refractivity contribution >= 4 is 10.9 Å². The Morgan fingerprint density at radius 2 is 1.56 bits per heavy atom. The maximum atomic E-state index is 13.1. The molecule has 1 N–H and O–H groups in total. The Labute approximate surface area is 138 Å². The third-order valence-corrected chi connectivity index (χ3v) is 3.64. The summed E-state index contributed by atoms with van der Waals surface area (Å²) in [7, 11) is 0. The second-order valence-corrected chi connectivity index (χ2v) is 5.39. The van der Waals surface area contributed by atoms with Crippen LogP contribution in [-0.2, 0) is 12.4 Å². The van der Waals surface area contributed by atoms with Crippen molar-refractivity contribution in [3.05, 3.63) is 59.3 Å². The van der Waals surface area contributed by atoms with Crippen molar-refractivity contribution in [3.8, 4) is 11.5 Å². The minimum Gasteiger partial charge on any atom is -0.456 e. The van der Waals surface area contributed by atoms with Crippen LogP contribution in [0.25, 0.3) is 10.9 Å². The number of aromatic amines is 1. The molecule has 25 heavy (non-hydrogen) atoms. The molecular weight excluding hydrogens is 348 g/mol. The van der Waals surface area contributed by atoms with Gasteiger partial charge in [0.2, 0.25) is 0 Å². The zero-order valence-corrected chi connectivity index (χ0v) is 12.6. The third kappa shape index (κ3) is 3.29. The van der Waals surface area contributed by atoms with Crippen molar-refractivity contribution < 1.29 is 31.1 Å². The van der Waals surface area contributed by atoms with E-state index < -0.39 is 29.2 Å². The van der Waals surface area contributed by atoms with Crippen molar-refractivity contribution in [1.29, 1.82) is 0 Å². The van der Waals surface area contributed by atoms with Crippen LogP contribution in [0.2, 0.25) is 0 Å². The second kappa shape index (κ2) is 5.72. The monoisotopic (exact) mass is 358 g/mol. The molecule has 3 aromatic rings. The van der Waals surface area contributed by atoms with Crippen LogP contribution in [0.5, 0.6) is 11.5 Å². The third-order valence-electron chi connectivity index (χ3n) is 3.64. The Morgan fingerprint density at radius 1 is 0.960 bits per heavy atom. The smallest absolute Gasteiger partial charge is 0.420 e. The number of fused-ring (bicyclic) bond motifs is 1. The fraction of sp³-hybridized carbons (Fsp3) is 0.176. The normalized spacial score (nSPS) is 12.6. The van der Waals surface area contributed by atoms with Crippen LogP contribution in [0.15, 0.2) is 36.5 Å². The van der Waals surface area contributed by atoms with E-state index in [1.807, 2.05) is 6.07 Å². The number of hydrogen-bond acceptors (Lipinski definition) is 1. The topological polar surface area (TPSA) is 25.0 Å². The molecule has 0 amide bonds. The van der Waals surface area contributed by atoms with Gasteiger partial charge in [-0.2, -0.15) is 26.3 Å². The van der Waals surface area contributed by atoms with E-state index in [4.69, 9.17) is 4.74 Å². The molecule has 0 saturated carbocycles. The van der Waals surface area contributed by atoms with Gasteiger partial charge >= 0.3 is 12.4 Å². The predicted molar refractivity (Wildman–Crippen MR) is 78.4 cm³/mol. The lowest BCUT2D eigenvalue weighted by Gasteiger charge is -2.18. The Kier molecular flexibility index (Phi) is 3.93. The number of hydrogen-bond donors (Lipinski definition) is 1. The van der Waals surface area contributed by atoms with Gasteiger partial charge in [-0.3, -0.25) is 0 Å². The standard InChI is InChI=1S/C17H10F6NO/c1-9-8-24-14-6-5-10(7-11(9)14)25-15-12(16(18,19)20)3-2-4-13(15)17(21,22)23/h3-8,24H,1H3. The summed E-state index contributed by atoms with van der Waals surface area (Å²) in [6.07, 6.45) is -8.35. The minimum absolute atomic E-state index is 0.127. The van der Waals surface area contributed by atoms with E-state index in [1.54, 1.807) is 13.1 Å². The van der Waals surface area contributed by atoms with Crippen molar-refractivity contribution in [3.63, 3.8) is 0 Å². The Balaban J connectivity index is 2.15. The van der Waals surface area contributed by atoms with Crippen molar-refractivity contribution in [1.82, 2.24) is 4.98 Å². The first-order valence-corrected chi connectivity index (χ1v) is 7.01. The van der Waals surface area contributed by atoms with Crippen molar-refractivity contribution in [2.45, 2.75) is 19.3 Å². The molecule has 131 valence electrons. The first-order chi connectivity index (χ1) is 11.6. The number of alkyl halides is 6. The van der Waals surface area contributed by atoms with Gasteiger partial charge in [-0.15, -0.1) is 0 Å². The van der Waals surface area contributed by atoms with Gasteiger partial charge in [0.25, 0.3) is 0 Å². The van der Waals surface area contributed by atoms with Gasteiger partial charge in [-0.25, -0.2) is 0 Å². The number of aromatic nitrogens is 1. The highest BCUT2D eigenvalue weighted by atomic mass is 19.4. The zero-order chi connectivity index (χ0) is 18.4. The predicted octanol–water partition coefficient (Wildman–Crippen LogP) is 6.11. The molecule has 0 fully saturated rings. The summed E-state index contributed by atoms with van der Waals surface area (Å²) in [6, 6.07) is 6.96. The summed E-state index contributed by atoms with van der Waals surface area (Å²) < 4.78 is 83.7. The highest BCUT2D eigenvalue weighted by Crippen LogP contribution is 2.45. The molecule has 1 radical (unpaired) electrons. The first-order valence-electron chi connectivity index (χ1n) is 7.01. The van der Waals surface area contributed by atoms with E-state index in [0.29, 0.717) is 23.0 Å². The number of aryl methyl sites for hydroxylation is 1. The Hall–Kier alpha value is -2.64. The van der Waals surface area contributed by atoms with Gasteiger partial charge in [0.1, 0.15) is 5.75 Å². The molecule has 0 aliphatic carbocycles. The molecule has 1 heterocycles. The molecule has 0 spiro atoms. The maximum Gasteiger partial charge on any atom is 0.420 e. The first kappa shape index (κ1) is 17.2. The fourth-order valence-corrected chi connectivity index (χ4v) is 2.44. The molecule has 2 nitrogen and oxygen atoms in total. The summed E-state index contributed by atoms with van der Waals surface area (Å²) in [5.41, 5.74) is -1.59. The van der Waals surface area contributed by atoms with Gasteiger partial charge in [0.15, 0.2) is 5.75 Å². The lowest BCUT2D eigenvalue weighted by molar-refractivity contribution is -0.145. The number of H-pyrrole nitrogens is 1. The van der Waals surface area contributed by atoms with E-state index >= 15 is 0 Å². The van der Waals surface area contributed by atoms with Crippen LogP contribution in [0, 0.1) is 13.0 Å². The van der Waals surface area contributed by atoms with Crippen LogP contribution < -0.4 is 4.74 Å². The molecule has 0 bridgehead atoms. The summed E-state index contributed by atoms with van der Waals surface area (Å²) in [6.45, 7) is 1.75. The molecule has 0 aliphatic rings. The van der Waals surface area contributed by atoms with E-state index in [2.05, 4.69) is 4.98 Å². The molecular formula is C17H10F6NO. The van der Waals surface area contributed by atoms with Gasteiger partial charge < -0.3 is 9.72 Å². The van der Waals surface area contributed by atoms with Crippen LogP contribution in [0.3, 0.4) is 0 Å². The van der Waals surface area contributed by atoms with Gasteiger partial charge in [0, 0.05) is 17.1 Å². The second-order valence-electron chi connectivity index (χ2n) is 5.39. The quantitative estimate of drug-likeness (QED) is 0.550. The van der Waals surface area contributed by atoms with Gasteiger partial charge in [-0.1, -0.05) is 0 Å². The average molecular weight is 358 g/mol. The summed E-state index contributed by atoms with van der Waals surface area (Å²) in [4.78, 5) is 2.93. The fourth-order valence-electron chi connectivity index (χ4n) is 2.44. The molecule has 1 aromatic heterocycles. The lowest BCUT2D eigenvalue weighted by atomic mass is 10.1. The number of rotatable bonds is 2. The molecule has 8 heteroatoms. The molecule has 3 rings (SSSR count). The molecule has 0 unspecified atom stereocenters. The van der Waals surface area contributed by atoms with Crippen LogP contribution in [-0.4, -0.2) is 4.98 Å². The molecule has 2 aromatic carbocycles. The molecule has 0 atom stereocenters. The lowest BCUT2D eigenvalue weighted by Crippen LogP contribution is -2.13. The Bertz CT molecular complexity index is 891. The maximum absolute atomic E-state index is 13.1. The summed E-state index contributed by atoms with van der Waals surface area (Å²) in [5.74, 6) is -1.41. The van der Waals surface area contributed by atoms with Crippen molar-refractivity contribution in [2.24, 2.45) is 0 Å². The number of halogens is 6. The van der Waals surface area contributed by atoms with Crippen LogP contribution >= 0.6 is 0 Å². The number of nitrogens with one attached hydrogen (secondary N) is 1. The van der Waals surface area contributed by atoms with E-state index in [0.717, 1.165) is 5.56 Å². The highest BCUT2D eigenvalue weighted by Gasteiger charge is 2.42. The largest absolute Gasteiger partial charge is 0.456 e. The minimum atomic E-state index is -5.01. The van der Waals surface area contributed by atoms with E-state index in [1.165, 1.54) is 18.2 Å². The molecule has 0 aliphatic heterocycles.